The van der Waals surface area contributed by atoms with Gasteiger partial charge in [-0.25, -0.2) is 4.98 Å². The molecule has 5 heteroatoms. The van der Waals surface area contributed by atoms with Gasteiger partial charge in [0.05, 0.1) is 11.1 Å². The van der Waals surface area contributed by atoms with Crippen LogP contribution in [0.3, 0.4) is 0 Å². The minimum Gasteiger partial charge on any atom is -0.353 e. The Morgan fingerprint density at radius 3 is 2.50 bits per heavy atom. The van der Waals surface area contributed by atoms with Gasteiger partial charge in [0.1, 0.15) is 5.82 Å². The van der Waals surface area contributed by atoms with Crippen molar-refractivity contribution in [2.75, 3.05) is 31.1 Å². The molecule has 1 aromatic carbocycles. The van der Waals surface area contributed by atoms with Crippen molar-refractivity contribution in [3.8, 4) is 0 Å². The van der Waals surface area contributed by atoms with Crippen molar-refractivity contribution < 1.29 is 4.79 Å². The van der Waals surface area contributed by atoms with Crippen LogP contribution in [0.2, 0.25) is 0 Å². The first-order valence-electron chi connectivity index (χ1n) is 8.11. The van der Waals surface area contributed by atoms with Crippen molar-refractivity contribution >= 4 is 22.6 Å². The highest BCUT2D eigenvalue weighted by molar-refractivity contribution is 5.97. The van der Waals surface area contributed by atoms with Crippen LogP contribution in [0.1, 0.15) is 10.4 Å². The number of benzene rings is 1. The fourth-order valence-corrected chi connectivity index (χ4v) is 3.05. The Morgan fingerprint density at radius 1 is 0.917 bits per heavy atom. The van der Waals surface area contributed by atoms with Gasteiger partial charge in [0, 0.05) is 44.0 Å². The molecule has 1 aliphatic heterocycles. The summed E-state index contributed by atoms with van der Waals surface area (Å²) in [6.45, 7) is 2.98. The molecule has 0 aliphatic carbocycles. The second kappa shape index (κ2) is 6.28. The summed E-state index contributed by atoms with van der Waals surface area (Å²) in [6, 6.07) is 15.7. The van der Waals surface area contributed by atoms with Gasteiger partial charge in [0.2, 0.25) is 0 Å². The molecule has 0 saturated carbocycles. The predicted molar refractivity (Wildman–Crippen MR) is 94.1 cm³/mol. The molecule has 2 aromatic heterocycles. The monoisotopic (exact) mass is 318 g/mol. The smallest absolute Gasteiger partial charge is 0.255 e. The maximum Gasteiger partial charge on any atom is 0.255 e. The maximum atomic E-state index is 12.7. The number of aromatic nitrogens is 2. The van der Waals surface area contributed by atoms with Gasteiger partial charge < -0.3 is 9.80 Å². The van der Waals surface area contributed by atoms with Gasteiger partial charge >= 0.3 is 0 Å². The van der Waals surface area contributed by atoms with E-state index in [1.54, 1.807) is 12.4 Å². The number of hydrogen-bond donors (Lipinski definition) is 0. The maximum absolute atomic E-state index is 12.7. The highest BCUT2D eigenvalue weighted by atomic mass is 16.2. The summed E-state index contributed by atoms with van der Waals surface area (Å²) in [5.41, 5.74) is 1.56. The molecule has 1 amide bonds. The molecule has 3 aromatic rings. The van der Waals surface area contributed by atoms with Crippen molar-refractivity contribution in [3.05, 3.63) is 66.5 Å². The van der Waals surface area contributed by atoms with Crippen molar-refractivity contribution in [1.82, 2.24) is 14.9 Å². The molecule has 0 N–H and O–H groups in total. The molecule has 1 saturated heterocycles. The molecule has 3 heterocycles. The second-order valence-electron chi connectivity index (χ2n) is 5.88. The number of carbonyl (C=O) groups excluding carboxylic acids is 1. The van der Waals surface area contributed by atoms with Crippen LogP contribution < -0.4 is 4.90 Å². The highest BCUT2D eigenvalue weighted by Gasteiger charge is 2.23. The minimum absolute atomic E-state index is 0.0499. The number of rotatable bonds is 2. The zero-order valence-electron chi connectivity index (χ0n) is 13.3. The van der Waals surface area contributed by atoms with Crippen molar-refractivity contribution in [2.24, 2.45) is 0 Å². The quantitative estimate of drug-likeness (QED) is 0.729. The van der Waals surface area contributed by atoms with E-state index < -0.39 is 0 Å². The van der Waals surface area contributed by atoms with Gasteiger partial charge in [-0.1, -0.05) is 24.3 Å². The summed E-state index contributed by atoms with van der Waals surface area (Å²) in [5, 5.41) is 0.996. The lowest BCUT2D eigenvalue weighted by Crippen LogP contribution is -2.49. The number of piperazine rings is 1. The summed E-state index contributed by atoms with van der Waals surface area (Å²) in [4.78, 5) is 25.6. The van der Waals surface area contributed by atoms with E-state index in [2.05, 4.69) is 14.9 Å². The van der Waals surface area contributed by atoms with Crippen LogP contribution in [0.15, 0.2) is 60.9 Å². The Bertz CT molecular complexity index is 857. The SMILES string of the molecule is O=C(c1cnc2ccccc2c1)N1CCN(c2ccccn2)CC1. The molecule has 5 nitrogen and oxygen atoms in total. The lowest BCUT2D eigenvalue weighted by molar-refractivity contribution is 0.0746. The van der Waals surface area contributed by atoms with E-state index in [1.165, 1.54) is 0 Å². The molecule has 0 spiro atoms. The van der Waals surface area contributed by atoms with Gasteiger partial charge in [-0.05, 0) is 24.3 Å². The average Bonchev–Trinajstić information content (AvgIpc) is 2.68. The summed E-state index contributed by atoms with van der Waals surface area (Å²) in [5.74, 6) is 1.02. The summed E-state index contributed by atoms with van der Waals surface area (Å²) < 4.78 is 0. The van der Waals surface area contributed by atoms with Crippen LogP contribution in [0.5, 0.6) is 0 Å². The molecule has 4 rings (SSSR count). The van der Waals surface area contributed by atoms with Crippen LogP contribution >= 0.6 is 0 Å². The molecule has 0 bridgehead atoms. The third-order valence-electron chi connectivity index (χ3n) is 4.38. The van der Waals surface area contributed by atoms with Gasteiger partial charge in [0.15, 0.2) is 0 Å². The predicted octanol–water partition coefficient (Wildman–Crippen LogP) is 2.59. The summed E-state index contributed by atoms with van der Waals surface area (Å²) in [7, 11) is 0. The Kier molecular flexibility index (Phi) is 3.83. The first-order chi connectivity index (χ1) is 11.8. The minimum atomic E-state index is 0.0499. The van der Waals surface area contributed by atoms with Crippen LogP contribution in [0, 0.1) is 0 Å². The number of amides is 1. The standard InChI is InChI=1S/C19H18N4O/c24-19(16-13-15-5-1-2-6-17(15)21-14-16)23-11-9-22(10-12-23)18-7-3-4-8-20-18/h1-8,13-14H,9-12H2. The van der Waals surface area contributed by atoms with Crippen LogP contribution in [-0.2, 0) is 0 Å². The molecule has 1 aliphatic rings. The lowest BCUT2D eigenvalue weighted by atomic mass is 10.1. The fraction of sp³-hybridized carbons (Fsp3) is 0.211. The van der Waals surface area contributed by atoms with E-state index >= 15 is 0 Å². The van der Waals surface area contributed by atoms with Gasteiger partial charge in [-0.15, -0.1) is 0 Å². The molecular weight excluding hydrogens is 300 g/mol. The van der Waals surface area contributed by atoms with E-state index in [4.69, 9.17) is 0 Å². The molecule has 24 heavy (non-hydrogen) atoms. The van der Waals surface area contributed by atoms with E-state index in [-0.39, 0.29) is 5.91 Å². The van der Waals surface area contributed by atoms with Crippen LogP contribution in [0.25, 0.3) is 10.9 Å². The normalized spacial score (nSPS) is 14.8. The zero-order valence-corrected chi connectivity index (χ0v) is 13.3. The molecule has 0 radical (unpaired) electrons. The lowest BCUT2D eigenvalue weighted by Gasteiger charge is -2.35. The Hall–Kier alpha value is -2.95. The number of anilines is 1. The summed E-state index contributed by atoms with van der Waals surface area (Å²) in [6.07, 6.45) is 3.48. The van der Waals surface area contributed by atoms with Crippen LogP contribution in [0.4, 0.5) is 5.82 Å². The molecule has 120 valence electrons. The van der Waals surface area contributed by atoms with E-state index in [9.17, 15) is 4.79 Å². The first-order valence-corrected chi connectivity index (χ1v) is 8.11. The first kappa shape index (κ1) is 14.6. The number of carbonyl (C=O) groups is 1. The van der Waals surface area contributed by atoms with Crippen molar-refractivity contribution in [1.29, 1.82) is 0 Å². The Balaban J connectivity index is 1.47. The number of nitrogens with zero attached hydrogens (tertiary/aromatic N) is 4. The topological polar surface area (TPSA) is 49.3 Å². The second-order valence-corrected chi connectivity index (χ2v) is 5.88. The van der Waals surface area contributed by atoms with Crippen molar-refractivity contribution in [2.45, 2.75) is 0 Å². The zero-order chi connectivity index (χ0) is 16.4. The molecule has 1 fully saturated rings. The Labute approximate surface area is 140 Å². The Morgan fingerprint density at radius 2 is 1.71 bits per heavy atom. The van der Waals surface area contributed by atoms with Gasteiger partial charge in [-0.2, -0.15) is 0 Å². The third kappa shape index (κ3) is 2.80. The highest BCUT2D eigenvalue weighted by Crippen LogP contribution is 2.17. The van der Waals surface area contributed by atoms with Crippen molar-refractivity contribution in [3.63, 3.8) is 0 Å². The average molecular weight is 318 g/mol. The third-order valence-corrected chi connectivity index (χ3v) is 4.38. The van der Waals surface area contributed by atoms with Crippen LogP contribution in [-0.4, -0.2) is 47.0 Å². The number of fused-ring (bicyclic) bond motifs is 1. The van der Waals surface area contributed by atoms with E-state index in [1.807, 2.05) is 53.4 Å². The van der Waals surface area contributed by atoms with E-state index in [0.29, 0.717) is 18.7 Å². The number of pyridine rings is 2. The molecular formula is C19H18N4O. The van der Waals surface area contributed by atoms with Gasteiger partial charge in [0.25, 0.3) is 5.91 Å². The van der Waals surface area contributed by atoms with Gasteiger partial charge in [-0.3, -0.25) is 9.78 Å². The fourth-order valence-electron chi connectivity index (χ4n) is 3.05. The van der Waals surface area contributed by atoms with E-state index in [0.717, 1.165) is 29.8 Å². The largest absolute Gasteiger partial charge is 0.353 e. The molecule has 0 unspecified atom stereocenters. The number of para-hydroxylation sites is 1. The molecule has 0 atom stereocenters. The summed E-state index contributed by atoms with van der Waals surface area (Å²) >= 11 is 0. The number of hydrogen-bond acceptors (Lipinski definition) is 4.